The number of rotatable bonds is 4. The van der Waals surface area contributed by atoms with E-state index in [9.17, 15) is 13.5 Å². The van der Waals surface area contributed by atoms with Gasteiger partial charge in [-0.25, -0.2) is 8.42 Å². The molecule has 0 aliphatic carbocycles. The van der Waals surface area contributed by atoms with Gasteiger partial charge in [0.15, 0.2) is 0 Å². The highest BCUT2D eigenvalue weighted by Crippen LogP contribution is 2.30. The molecule has 1 saturated heterocycles. The highest BCUT2D eigenvalue weighted by atomic mass is 32.2. The smallest absolute Gasteiger partial charge is 0.246 e. The summed E-state index contributed by atoms with van der Waals surface area (Å²) < 4.78 is 29.2. The minimum absolute atomic E-state index is 0.122. The Kier molecular flexibility index (Phi) is 4.75. The maximum atomic E-state index is 13.0. The van der Waals surface area contributed by atoms with Gasteiger partial charge >= 0.3 is 0 Å². The zero-order chi connectivity index (χ0) is 15.8. The SMILES string of the molecule is Cc1nn(C)c(C)c1S(=O)(=O)N1CCCCC1CC(C)O. The quantitative estimate of drug-likeness (QED) is 0.910. The average Bonchev–Trinajstić information content (AvgIpc) is 2.63. The van der Waals surface area contributed by atoms with E-state index in [0.29, 0.717) is 29.2 Å². The van der Waals surface area contributed by atoms with E-state index in [1.165, 1.54) is 0 Å². The summed E-state index contributed by atoms with van der Waals surface area (Å²) in [6.45, 7) is 5.74. The van der Waals surface area contributed by atoms with Gasteiger partial charge in [-0.15, -0.1) is 0 Å². The van der Waals surface area contributed by atoms with Crippen molar-refractivity contribution < 1.29 is 13.5 Å². The van der Waals surface area contributed by atoms with E-state index < -0.39 is 16.1 Å². The summed E-state index contributed by atoms with van der Waals surface area (Å²) in [7, 11) is -1.80. The number of piperidine rings is 1. The van der Waals surface area contributed by atoms with Crippen LogP contribution in [0.5, 0.6) is 0 Å². The van der Waals surface area contributed by atoms with Crippen LogP contribution in [-0.4, -0.2) is 46.3 Å². The van der Waals surface area contributed by atoms with Crippen LogP contribution in [0.4, 0.5) is 0 Å². The number of aryl methyl sites for hydroxylation is 2. The monoisotopic (exact) mass is 315 g/mol. The number of nitrogens with zero attached hydrogens (tertiary/aromatic N) is 3. The Morgan fingerprint density at radius 1 is 1.38 bits per heavy atom. The lowest BCUT2D eigenvalue weighted by atomic mass is 10.00. The number of hydrogen-bond acceptors (Lipinski definition) is 4. The van der Waals surface area contributed by atoms with Crippen LogP contribution in [0.1, 0.15) is 44.0 Å². The average molecular weight is 315 g/mol. The first-order valence-electron chi connectivity index (χ1n) is 7.45. The van der Waals surface area contributed by atoms with Crippen LogP contribution in [-0.2, 0) is 17.1 Å². The molecular formula is C14H25N3O3S. The van der Waals surface area contributed by atoms with E-state index in [1.54, 1.807) is 36.8 Å². The molecule has 6 nitrogen and oxygen atoms in total. The topological polar surface area (TPSA) is 75.4 Å². The highest BCUT2D eigenvalue weighted by molar-refractivity contribution is 7.89. The van der Waals surface area contributed by atoms with Crippen molar-refractivity contribution in [3.8, 4) is 0 Å². The number of hydrogen-bond donors (Lipinski definition) is 1. The lowest BCUT2D eigenvalue weighted by molar-refractivity contribution is 0.131. The van der Waals surface area contributed by atoms with E-state index in [2.05, 4.69) is 5.10 Å². The zero-order valence-corrected chi connectivity index (χ0v) is 14.0. The van der Waals surface area contributed by atoms with Gasteiger partial charge in [0.05, 0.1) is 17.5 Å². The van der Waals surface area contributed by atoms with Gasteiger partial charge in [-0.1, -0.05) is 6.42 Å². The van der Waals surface area contributed by atoms with E-state index in [0.717, 1.165) is 19.3 Å². The van der Waals surface area contributed by atoms with Crippen molar-refractivity contribution in [2.75, 3.05) is 6.54 Å². The number of sulfonamides is 1. The van der Waals surface area contributed by atoms with Gasteiger partial charge in [0, 0.05) is 19.6 Å². The lowest BCUT2D eigenvalue weighted by Crippen LogP contribution is -2.45. The predicted molar refractivity (Wildman–Crippen MR) is 80.5 cm³/mol. The summed E-state index contributed by atoms with van der Waals surface area (Å²) in [6.07, 6.45) is 2.67. The summed E-state index contributed by atoms with van der Waals surface area (Å²) >= 11 is 0. The maximum Gasteiger partial charge on any atom is 0.246 e. The van der Waals surface area contributed by atoms with Gasteiger partial charge in [0.25, 0.3) is 0 Å². The molecule has 1 fully saturated rings. The van der Waals surface area contributed by atoms with Gasteiger partial charge < -0.3 is 5.11 Å². The second-order valence-electron chi connectivity index (χ2n) is 5.97. The summed E-state index contributed by atoms with van der Waals surface area (Å²) in [5, 5.41) is 13.9. The first kappa shape index (κ1) is 16.5. The Bertz CT molecular complexity index is 607. The van der Waals surface area contributed by atoms with Crippen LogP contribution in [0.15, 0.2) is 4.90 Å². The van der Waals surface area contributed by atoms with Crippen LogP contribution < -0.4 is 0 Å². The predicted octanol–water partition coefficient (Wildman–Crippen LogP) is 1.35. The lowest BCUT2D eigenvalue weighted by Gasteiger charge is -2.35. The molecule has 1 aliphatic rings. The molecule has 2 rings (SSSR count). The normalized spacial score (nSPS) is 22.4. The molecule has 1 aromatic rings. The Hall–Kier alpha value is -0.920. The Labute approximate surface area is 126 Å². The summed E-state index contributed by atoms with van der Waals surface area (Å²) in [6, 6.07) is -0.122. The van der Waals surface area contributed by atoms with Crippen LogP contribution >= 0.6 is 0 Å². The molecule has 0 aromatic carbocycles. The molecule has 2 atom stereocenters. The molecule has 0 radical (unpaired) electrons. The molecule has 21 heavy (non-hydrogen) atoms. The van der Waals surface area contributed by atoms with Crippen LogP contribution in [0, 0.1) is 13.8 Å². The fourth-order valence-electron chi connectivity index (χ4n) is 3.16. The van der Waals surface area contributed by atoms with Crippen LogP contribution in [0.2, 0.25) is 0 Å². The third kappa shape index (κ3) is 3.14. The molecule has 120 valence electrons. The Morgan fingerprint density at radius 2 is 2.05 bits per heavy atom. The van der Waals surface area contributed by atoms with Gasteiger partial charge in [0.2, 0.25) is 10.0 Å². The third-order valence-electron chi connectivity index (χ3n) is 4.20. The van der Waals surface area contributed by atoms with E-state index in [4.69, 9.17) is 0 Å². The summed E-state index contributed by atoms with van der Waals surface area (Å²) in [5.41, 5.74) is 1.20. The van der Waals surface area contributed by atoms with Crippen molar-refractivity contribution in [3.05, 3.63) is 11.4 Å². The largest absolute Gasteiger partial charge is 0.393 e. The number of aliphatic hydroxyl groups excluding tert-OH is 1. The summed E-state index contributed by atoms with van der Waals surface area (Å²) in [4.78, 5) is 0.322. The fourth-order valence-corrected chi connectivity index (χ4v) is 5.27. The minimum Gasteiger partial charge on any atom is -0.393 e. The summed E-state index contributed by atoms with van der Waals surface area (Å²) in [5.74, 6) is 0. The van der Waals surface area contributed by atoms with Crippen molar-refractivity contribution in [3.63, 3.8) is 0 Å². The second kappa shape index (κ2) is 6.06. The molecule has 1 aliphatic heterocycles. The van der Waals surface area contributed by atoms with Gasteiger partial charge in [0.1, 0.15) is 4.90 Å². The number of aromatic nitrogens is 2. The van der Waals surface area contributed by atoms with Crippen molar-refractivity contribution in [2.45, 2.75) is 63.5 Å². The molecular weight excluding hydrogens is 290 g/mol. The molecule has 0 spiro atoms. The molecule has 1 aromatic heterocycles. The van der Waals surface area contributed by atoms with E-state index >= 15 is 0 Å². The third-order valence-corrected chi connectivity index (χ3v) is 6.40. The molecule has 0 amide bonds. The zero-order valence-electron chi connectivity index (χ0n) is 13.2. The number of aliphatic hydroxyl groups is 1. The van der Waals surface area contributed by atoms with Gasteiger partial charge in [-0.2, -0.15) is 9.40 Å². The van der Waals surface area contributed by atoms with Crippen molar-refractivity contribution in [2.24, 2.45) is 7.05 Å². The molecule has 1 N–H and O–H groups in total. The molecule has 0 saturated carbocycles. The molecule has 0 bridgehead atoms. The van der Waals surface area contributed by atoms with Gasteiger partial charge in [-0.3, -0.25) is 4.68 Å². The van der Waals surface area contributed by atoms with Crippen molar-refractivity contribution >= 4 is 10.0 Å². The first-order valence-corrected chi connectivity index (χ1v) is 8.89. The maximum absolute atomic E-state index is 13.0. The van der Waals surface area contributed by atoms with Crippen molar-refractivity contribution in [1.29, 1.82) is 0 Å². The second-order valence-corrected chi connectivity index (χ2v) is 7.80. The van der Waals surface area contributed by atoms with Crippen LogP contribution in [0.25, 0.3) is 0 Å². The van der Waals surface area contributed by atoms with Gasteiger partial charge in [-0.05, 0) is 40.0 Å². The van der Waals surface area contributed by atoms with Crippen molar-refractivity contribution in [1.82, 2.24) is 14.1 Å². The molecule has 2 unspecified atom stereocenters. The standard InChI is InChI=1S/C14H25N3O3S/c1-10(18)9-13-7-5-6-8-17(13)21(19,20)14-11(2)15-16(4)12(14)3/h10,13,18H,5-9H2,1-4H3. The van der Waals surface area contributed by atoms with E-state index in [1.807, 2.05) is 0 Å². The van der Waals surface area contributed by atoms with E-state index in [-0.39, 0.29) is 6.04 Å². The Morgan fingerprint density at radius 3 is 2.57 bits per heavy atom. The minimum atomic E-state index is -3.56. The Balaban J connectivity index is 2.41. The fraction of sp³-hybridized carbons (Fsp3) is 0.786. The highest BCUT2D eigenvalue weighted by Gasteiger charge is 2.37. The molecule has 2 heterocycles. The molecule has 7 heteroatoms. The van der Waals surface area contributed by atoms with Crippen LogP contribution in [0.3, 0.4) is 0 Å². The first-order chi connectivity index (χ1) is 9.75.